The van der Waals surface area contributed by atoms with Crippen LogP contribution in [0.1, 0.15) is 23.0 Å². The Morgan fingerprint density at radius 3 is 2.61 bits per heavy atom. The SMILES string of the molecule is CCOc1ccc2nc(N(Cc3ccco3)C(=O)c3cc4ccccc4cc3OC)sc2c1. The molecule has 6 nitrogen and oxygen atoms in total. The van der Waals surface area contributed by atoms with Gasteiger partial charge in [-0.3, -0.25) is 9.69 Å². The summed E-state index contributed by atoms with van der Waals surface area (Å²) in [6, 6.07) is 21.0. The van der Waals surface area contributed by atoms with Crippen LogP contribution in [0.5, 0.6) is 11.5 Å². The zero-order valence-corrected chi connectivity index (χ0v) is 19.1. The van der Waals surface area contributed by atoms with E-state index in [1.54, 1.807) is 24.3 Å². The molecule has 0 spiro atoms. The Labute approximate surface area is 195 Å². The third-order valence-corrected chi connectivity index (χ3v) is 6.37. The normalized spacial score (nSPS) is 11.1. The molecule has 0 N–H and O–H groups in total. The van der Waals surface area contributed by atoms with Crippen LogP contribution in [0.25, 0.3) is 21.0 Å². The van der Waals surface area contributed by atoms with E-state index in [0.717, 1.165) is 26.7 Å². The molecule has 1 amide bonds. The molecule has 5 rings (SSSR count). The lowest BCUT2D eigenvalue weighted by Gasteiger charge is -2.20. The maximum atomic E-state index is 13.9. The molecular weight excluding hydrogens is 436 g/mol. The second-order valence-electron chi connectivity index (χ2n) is 7.43. The minimum absolute atomic E-state index is 0.210. The van der Waals surface area contributed by atoms with Crippen molar-refractivity contribution in [2.75, 3.05) is 18.6 Å². The Bertz CT molecular complexity index is 1430. The fourth-order valence-electron chi connectivity index (χ4n) is 3.75. The zero-order chi connectivity index (χ0) is 22.8. The summed E-state index contributed by atoms with van der Waals surface area (Å²) in [6.07, 6.45) is 1.60. The number of amides is 1. The van der Waals surface area contributed by atoms with E-state index >= 15 is 0 Å². The minimum atomic E-state index is -0.210. The summed E-state index contributed by atoms with van der Waals surface area (Å²) in [5.74, 6) is 1.75. The third-order valence-electron chi connectivity index (χ3n) is 5.33. The van der Waals surface area contributed by atoms with Crippen LogP contribution >= 0.6 is 11.3 Å². The average Bonchev–Trinajstić information content (AvgIpc) is 3.51. The van der Waals surface area contributed by atoms with Gasteiger partial charge in [-0.25, -0.2) is 4.98 Å². The number of rotatable bonds is 7. The number of furan rings is 1. The van der Waals surface area contributed by atoms with E-state index in [2.05, 4.69) is 0 Å². The van der Waals surface area contributed by atoms with Gasteiger partial charge in [-0.15, -0.1) is 0 Å². The maximum absolute atomic E-state index is 13.9. The Kier molecular flexibility index (Phi) is 5.71. The number of ether oxygens (including phenoxy) is 2. The van der Waals surface area contributed by atoms with Crippen LogP contribution < -0.4 is 14.4 Å². The zero-order valence-electron chi connectivity index (χ0n) is 18.3. The predicted octanol–water partition coefficient (Wildman–Crippen LogP) is 6.30. The van der Waals surface area contributed by atoms with Gasteiger partial charge in [-0.1, -0.05) is 35.6 Å². The number of methoxy groups -OCH3 is 1. The van der Waals surface area contributed by atoms with Crippen LogP contribution in [0.4, 0.5) is 5.13 Å². The van der Waals surface area contributed by atoms with Crippen molar-refractivity contribution in [3.05, 3.63) is 84.3 Å². The predicted molar refractivity (Wildman–Crippen MR) is 131 cm³/mol. The van der Waals surface area contributed by atoms with Crippen LogP contribution in [-0.2, 0) is 6.54 Å². The first kappa shape index (κ1) is 21.0. The van der Waals surface area contributed by atoms with Gasteiger partial charge in [-0.05, 0) is 60.2 Å². The van der Waals surface area contributed by atoms with Crippen molar-refractivity contribution >= 4 is 43.4 Å². The van der Waals surface area contributed by atoms with E-state index in [4.69, 9.17) is 18.9 Å². The average molecular weight is 459 g/mol. The van der Waals surface area contributed by atoms with Gasteiger partial charge in [-0.2, -0.15) is 0 Å². The van der Waals surface area contributed by atoms with Gasteiger partial charge in [0, 0.05) is 0 Å². The highest BCUT2D eigenvalue weighted by Gasteiger charge is 2.26. The van der Waals surface area contributed by atoms with Gasteiger partial charge < -0.3 is 13.9 Å². The summed E-state index contributed by atoms with van der Waals surface area (Å²) >= 11 is 1.44. The molecule has 0 radical (unpaired) electrons. The van der Waals surface area contributed by atoms with Crippen LogP contribution in [0.2, 0.25) is 0 Å². The first-order valence-corrected chi connectivity index (χ1v) is 11.4. The van der Waals surface area contributed by atoms with E-state index in [9.17, 15) is 4.79 Å². The first-order valence-electron chi connectivity index (χ1n) is 10.6. The molecule has 7 heteroatoms. The first-order chi connectivity index (χ1) is 16.2. The Morgan fingerprint density at radius 1 is 1.06 bits per heavy atom. The maximum Gasteiger partial charge on any atom is 0.264 e. The van der Waals surface area contributed by atoms with Crippen molar-refractivity contribution < 1.29 is 18.7 Å². The van der Waals surface area contributed by atoms with Crippen molar-refractivity contribution in [3.63, 3.8) is 0 Å². The third kappa shape index (κ3) is 4.15. The largest absolute Gasteiger partial charge is 0.496 e. The molecule has 0 atom stereocenters. The molecule has 5 aromatic rings. The fraction of sp³-hybridized carbons (Fsp3) is 0.154. The summed E-state index contributed by atoms with van der Waals surface area (Å²) in [4.78, 5) is 20.3. The molecule has 0 aliphatic heterocycles. The van der Waals surface area contributed by atoms with Gasteiger partial charge in [0.15, 0.2) is 5.13 Å². The molecule has 166 valence electrons. The number of aromatic nitrogens is 1. The van der Waals surface area contributed by atoms with Gasteiger partial charge in [0.2, 0.25) is 0 Å². The number of hydrogen-bond donors (Lipinski definition) is 0. The molecule has 0 saturated carbocycles. The lowest BCUT2D eigenvalue weighted by Crippen LogP contribution is -2.30. The highest BCUT2D eigenvalue weighted by molar-refractivity contribution is 7.22. The lowest BCUT2D eigenvalue weighted by molar-refractivity contribution is 0.0980. The second-order valence-corrected chi connectivity index (χ2v) is 8.44. The molecule has 0 bridgehead atoms. The number of fused-ring (bicyclic) bond motifs is 2. The van der Waals surface area contributed by atoms with Crippen molar-refractivity contribution in [2.24, 2.45) is 0 Å². The molecule has 0 unspecified atom stereocenters. The summed E-state index contributed by atoms with van der Waals surface area (Å²) in [5, 5.41) is 2.55. The number of hydrogen-bond acceptors (Lipinski definition) is 6. The van der Waals surface area contributed by atoms with Crippen LogP contribution in [0.15, 0.2) is 77.4 Å². The summed E-state index contributed by atoms with van der Waals surface area (Å²) < 4.78 is 17.7. The van der Waals surface area contributed by atoms with Crippen molar-refractivity contribution in [3.8, 4) is 11.5 Å². The Hall–Kier alpha value is -3.84. The smallest absolute Gasteiger partial charge is 0.264 e. The molecular formula is C26H22N2O4S. The fourth-order valence-corrected chi connectivity index (χ4v) is 4.74. The molecule has 0 aliphatic carbocycles. The van der Waals surface area contributed by atoms with E-state index in [0.29, 0.717) is 28.8 Å². The molecule has 0 saturated heterocycles. The van der Waals surface area contributed by atoms with Gasteiger partial charge >= 0.3 is 0 Å². The molecule has 33 heavy (non-hydrogen) atoms. The quantitative estimate of drug-likeness (QED) is 0.286. The molecule has 0 aliphatic rings. The Balaban J connectivity index is 1.60. The van der Waals surface area contributed by atoms with E-state index in [1.165, 1.54) is 11.3 Å². The van der Waals surface area contributed by atoms with Crippen molar-refractivity contribution in [1.29, 1.82) is 0 Å². The number of nitrogens with zero attached hydrogens (tertiary/aromatic N) is 2. The molecule has 2 aromatic heterocycles. The second kappa shape index (κ2) is 8.96. The van der Waals surface area contributed by atoms with E-state index in [-0.39, 0.29) is 12.5 Å². The number of thiazole rings is 1. The van der Waals surface area contributed by atoms with Gasteiger partial charge in [0.05, 0.1) is 42.3 Å². The number of carbonyl (C=O) groups is 1. The standard InChI is InChI=1S/C26H22N2O4S/c1-3-31-19-10-11-22-24(15-19)33-26(27-22)28(16-20-9-6-12-32-20)25(29)21-13-17-7-4-5-8-18(17)14-23(21)30-2/h4-15H,3,16H2,1-2H3. The van der Waals surface area contributed by atoms with Gasteiger partial charge in [0.1, 0.15) is 17.3 Å². The topological polar surface area (TPSA) is 64.8 Å². The summed E-state index contributed by atoms with van der Waals surface area (Å²) in [7, 11) is 1.57. The van der Waals surface area contributed by atoms with Crippen molar-refractivity contribution in [2.45, 2.75) is 13.5 Å². The number of carbonyl (C=O) groups excluding carboxylic acids is 1. The van der Waals surface area contributed by atoms with Gasteiger partial charge in [0.25, 0.3) is 5.91 Å². The summed E-state index contributed by atoms with van der Waals surface area (Å²) in [6.45, 7) is 2.78. The molecule has 3 aromatic carbocycles. The molecule has 0 fully saturated rings. The highest BCUT2D eigenvalue weighted by Crippen LogP contribution is 2.35. The van der Waals surface area contributed by atoms with Crippen LogP contribution in [-0.4, -0.2) is 24.6 Å². The monoisotopic (exact) mass is 458 g/mol. The molecule has 2 heterocycles. The van der Waals surface area contributed by atoms with Crippen LogP contribution in [0, 0.1) is 0 Å². The Morgan fingerprint density at radius 2 is 1.88 bits per heavy atom. The number of anilines is 1. The van der Waals surface area contributed by atoms with E-state index in [1.807, 2.05) is 67.6 Å². The number of benzene rings is 3. The minimum Gasteiger partial charge on any atom is -0.496 e. The lowest BCUT2D eigenvalue weighted by atomic mass is 10.0. The van der Waals surface area contributed by atoms with Crippen LogP contribution in [0.3, 0.4) is 0 Å². The van der Waals surface area contributed by atoms with E-state index < -0.39 is 0 Å². The van der Waals surface area contributed by atoms with Crippen molar-refractivity contribution in [1.82, 2.24) is 4.98 Å². The highest BCUT2D eigenvalue weighted by atomic mass is 32.1. The summed E-state index contributed by atoms with van der Waals surface area (Å²) in [5.41, 5.74) is 1.28.